The third kappa shape index (κ3) is 2.88. The summed E-state index contributed by atoms with van der Waals surface area (Å²) < 4.78 is 5.51. The number of amides is 2. The Hall–Kier alpha value is -1.67. The minimum Gasteiger partial charge on any atom is -0.449 e. The first-order valence-electron chi connectivity index (χ1n) is 8.37. The number of thiazole rings is 1. The molecule has 4 aliphatic carbocycles. The molecule has 0 aliphatic heterocycles. The van der Waals surface area contributed by atoms with Crippen LogP contribution in [0.5, 0.6) is 0 Å². The van der Waals surface area contributed by atoms with Crippen LogP contribution in [0, 0.1) is 23.2 Å². The second kappa shape index (κ2) is 6.00. The normalized spacial score (nSPS) is 32.8. The lowest BCUT2D eigenvalue weighted by Gasteiger charge is -2.32. The number of rotatable bonds is 5. The van der Waals surface area contributed by atoms with Gasteiger partial charge in [0.1, 0.15) is 0 Å². The molecule has 0 radical (unpaired) electrons. The van der Waals surface area contributed by atoms with E-state index in [4.69, 9.17) is 9.94 Å². The van der Waals surface area contributed by atoms with E-state index >= 15 is 0 Å². The highest BCUT2D eigenvalue weighted by Crippen LogP contribution is 2.65. The molecular weight excluding hydrogens is 330 g/mol. The Kier molecular flexibility index (Phi) is 3.96. The lowest BCUT2D eigenvalue weighted by Crippen LogP contribution is -2.31. The summed E-state index contributed by atoms with van der Waals surface area (Å²) >= 11 is 1.23. The first-order chi connectivity index (χ1) is 11.6. The third-order valence-corrected chi connectivity index (χ3v) is 6.68. The van der Waals surface area contributed by atoms with Gasteiger partial charge in [-0.05, 0) is 49.9 Å². The molecule has 7 nitrogen and oxygen atoms in total. The Morgan fingerprint density at radius 3 is 2.79 bits per heavy atom. The highest BCUT2D eigenvalue weighted by molar-refractivity contribution is 7.13. The SMILES string of the molecule is O=C(Cc1csc(NC(=O)OCC23CC4CC(CC2C4)C3)n1)NO. The van der Waals surface area contributed by atoms with Crippen LogP contribution in [0.4, 0.5) is 9.93 Å². The zero-order valence-corrected chi connectivity index (χ0v) is 14.1. The number of hydrogen-bond acceptors (Lipinski definition) is 6. The molecule has 1 aromatic rings. The fraction of sp³-hybridized carbons (Fsp3) is 0.688. The molecule has 2 amide bonds. The van der Waals surface area contributed by atoms with Crippen LogP contribution in [-0.2, 0) is 16.0 Å². The third-order valence-electron chi connectivity index (χ3n) is 5.88. The predicted octanol–water partition coefficient (Wildman–Crippen LogP) is 2.57. The summed E-state index contributed by atoms with van der Waals surface area (Å²) in [5, 5.41) is 13.2. The summed E-state index contributed by atoms with van der Waals surface area (Å²) in [7, 11) is 0. The van der Waals surface area contributed by atoms with E-state index in [1.54, 1.807) is 10.9 Å². The van der Waals surface area contributed by atoms with Crippen molar-refractivity contribution in [2.75, 3.05) is 11.9 Å². The Bertz CT molecular complexity index is 648. The summed E-state index contributed by atoms with van der Waals surface area (Å²) in [6.45, 7) is 0.502. The van der Waals surface area contributed by atoms with Crippen LogP contribution in [0.3, 0.4) is 0 Å². The molecule has 4 bridgehead atoms. The van der Waals surface area contributed by atoms with E-state index in [0.29, 0.717) is 17.4 Å². The average molecular weight is 351 g/mol. The van der Waals surface area contributed by atoms with Crippen molar-refractivity contribution in [3.05, 3.63) is 11.1 Å². The van der Waals surface area contributed by atoms with Gasteiger partial charge in [0.05, 0.1) is 18.7 Å². The summed E-state index contributed by atoms with van der Waals surface area (Å²) in [6.07, 6.45) is 5.89. The van der Waals surface area contributed by atoms with E-state index in [1.165, 1.54) is 43.4 Å². The molecule has 4 fully saturated rings. The largest absolute Gasteiger partial charge is 0.449 e. The standard InChI is InChI=1S/C16H21N3O4S/c20-13(19-22)4-12-7-24-14(17-12)18-15(21)23-8-16-5-9-1-10(6-16)3-11(16)2-9/h7,9-11,22H,1-6,8H2,(H,19,20)(H,17,18,21). The van der Waals surface area contributed by atoms with Gasteiger partial charge in [-0.1, -0.05) is 0 Å². The van der Waals surface area contributed by atoms with Crippen LogP contribution in [0.15, 0.2) is 5.38 Å². The number of hydroxylamine groups is 1. The number of anilines is 1. The molecule has 1 heterocycles. The summed E-state index contributed by atoms with van der Waals surface area (Å²) in [6, 6.07) is 0. The molecule has 5 rings (SSSR count). The zero-order chi connectivity index (χ0) is 16.7. The van der Waals surface area contributed by atoms with Gasteiger partial charge in [-0.15, -0.1) is 11.3 Å². The molecule has 8 heteroatoms. The minimum atomic E-state index is -0.541. The van der Waals surface area contributed by atoms with Gasteiger partial charge < -0.3 is 4.74 Å². The van der Waals surface area contributed by atoms with Gasteiger partial charge in [0.2, 0.25) is 5.91 Å². The van der Waals surface area contributed by atoms with E-state index < -0.39 is 12.0 Å². The number of hydrogen-bond donors (Lipinski definition) is 3. The number of aromatic nitrogens is 1. The van der Waals surface area contributed by atoms with Crippen molar-refractivity contribution >= 4 is 28.5 Å². The van der Waals surface area contributed by atoms with Gasteiger partial charge in [-0.25, -0.2) is 15.3 Å². The van der Waals surface area contributed by atoms with E-state index in [1.807, 2.05) is 0 Å². The summed E-state index contributed by atoms with van der Waals surface area (Å²) in [5.41, 5.74) is 2.27. The molecule has 2 unspecified atom stereocenters. The zero-order valence-electron chi connectivity index (χ0n) is 13.3. The van der Waals surface area contributed by atoms with E-state index in [2.05, 4.69) is 10.3 Å². The van der Waals surface area contributed by atoms with Gasteiger partial charge in [0.15, 0.2) is 5.13 Å². The van der Waals surface area contributed by atoms with Crippen molar-refractivity contribution in [2.45, 2.75) is 38.5 Å². The summed E-state index contributed by atoms with van der Waals surface area (Å²) in [4.78, 5) is 27.3. The maximum atomic E-state index is 12.0. The first-order valence-corrected chi connectivity index (χ1v) is 9.25. The van der Waals surface area contributed by atoms with Crippen LogP contribution in [0.1, 0.15) is 37.8 Å². The van der Waals surface area contributed by atoms with Gasteiger partial charge in [-0.2, -0.15) is 0 Å². The number of nitrogens with zero attached hydrogens (tertiary/aromatic N) is 1. The van der Waals surface area contributed by atoms with Gasteiger partial charge in [-0.3, -0.25) is 15.3 Å². The van der Waals surface area contributed by atoms with Crippen LogP contribution in [-0.4, -0.2) is 28.8 Å². The van der Waals surface area contributed by atoms with E-state index in [-0.39, 0.29) is 11.8 Å². The highest BCUT2D eigenvalue weighted by atomic mass is 32.1. The molecule has 24 heavy (non-hydrogen) atoms. The van der Waals surface area contributed by atoms with Crippen molar-refractivity contribution in [2.24, 2.45) is 23.2 Å². The van der Waals surface area contributed by atoms with Gasteiger partial charge in [0, 0.05) is 10.8 Å². The predicted molar refractivity (Wildman–Crippen MR) is 86.7 cm³/mol. The highest BCUT2D eigenvalue weighted by Gasteiger charge is 2.58. The van der Waals surface area contributed by atoms with Crippen molar-refractivity contribution in [3.63, 3.8) is 0 Å². The van der Waals surface area contributed by atoms with Crippen LogP contribution in [0.25, 0.3) is 0 Å². The Morgan fingerprint density at radius 1 is 1.33 bits per heavy atom. The van der Waals surface area contributed by atoms with E-state index in [0.717, 1.165) is 17.8 Å². The van der Waals surface area contributed by atoms with Crippen molar-refractivity contribution in [1.29, 1.82) is 0 Å². The van der Waals surface area contributed by atoms with Crippen molar-refractivity contribution in [3.8, 4) is 0 Å². The first kappa shape index (κ1) is 15.8. The molecule has 130 valence electrons. The molecule has 0 aromatic carbocycles. The maximum Gasteiger partial charge on any atom is 0.413 e. The van der Waals surface area contributed by atoms with Crippen LogP contribution >= 0.6 is 11.3 Å². The number of carbonyl (C=O) groups is 2. The Labute approximate surface area is 143 Å². The Balaban J connectivity index is 1.29. The number of nitrogens with one attached hydrogen (secondary N) is 2. The number of ether oxygens (including phenoxy) is 1. The molecule has 1 aromatic heterocycles. The molecule has 0 spiro atoms. The monoisotopic (exact) mass is 351 g/mol. The molecule has 4 saturated carbocycles. The smallest absolute Gasteiger partial charge is 0.413 e. The van der Waals surface area contributed by atoms with Gasteiger partial charge in [0.25, 0.3) is 0 Å². The molecular formula is C16H21N3O4S. The summed E-state index contributed by atoms with van der Waals surface area (Å²) in [5.74, 6) is 1.87. The second-order valence-corrected chi connectivity index (χ2v) is 8.32. The Morgan fingerprint density at radius 2 is 2.08 bits per heavy atom. The van der Waals surface area contributed by atoms with Crippen LogP contribution < -0.4 is 10.8 Å². The fourth-order valence-corrected chi connectivity index (χ4v) is 5.88. The molecule has 4 aliphatic rings. The topological polar surface area (TPSA) is 101 Å². The molecule has 3 N–H and O–H groups in total. The van der Waals surface area contributed by atoms with Crippen molar-refractivity contribution in [1.82, 2.24) is 10.5 Å². The molecule has 2 atom stereocenters. The molecule has 0 saturated heterocycles. The van der Waals surface area contributed by atoms with E-state index in [9.17, 15) is 9.59 Å². The maximum absolute atomic E-state index is 12.0. The van der Waals surface area contributed by atoms with Crippen LogP contribution in [0.2, 0.25) is 0 Å². The number of carbonyl (C=O) groups excluding carboxylic acids is 2. The fourth-order valence-electron chi connectivity index (χ4n) is 5.18. The average Bonchev–Trinajstić information content (AvgIpc) is 3.15. The second-order valence-electron chi connectivity index (χ2n) is 7.46. The lowest BCUT2D eigenvalue weighted by atomic mass is 9.76. The quantitative estimate of drug-likeness (QED) is 0.559. The minimum absolute atomic E-state index is 0.0305. The van der Waals surface area contributed by atoms with Gasteiger partial charge >= 0.3 is 6.09 Å². The lowest BCUT2D eigenvalue weighted by molar-refractivity contribution is -0.128. The van der Waals surface area contributed by atoms with Crippen molar-refractivity contribution < 1.29 is 19.5 Å².